The van der Waals surface area contributed by atoms with Gasteiger partial charge in [-0.3, -0.25) is 0 Å². The molecule has 1 aromatic rings. The van der Waals surface area contributed by atoms with E-state index in [2.05, 4.69) is 31.3 Å². The largest absolute Gasteiger partial charge is 0.491 e. The number of hydrogen-bond acceptors (Lipinski definition) is 3. The molecule has 0 aliphatic carbocycles. The van der Waals surface area contributed by atoms with Crippen LogP contribution in [0.5, 0.6) is 5.75 Å². The minimum atomic E-state index is 0.157. The van der Waals surface area contributed by atoms with E-state index < -0.39 is 0 Å². The van der Waals surface area contributed by atoms with Gasteiger partial charge in [0.15, 0.2) is 0 Å². The van der Waals surface area contributed by atoms with Crippen molar-refractivity contribution in [2.24, 2.45) is 0 Å². The molecule has 1 heterocycles. The molecule has 1 saturated heterocycles. The summed E-state index contributed by atoms with van der Waals surface area (Å²) in [4.78, 5) is 0. The van der Waals surface area contributed by atoms with E-state index in [1.54, 1.807) is 0 Å². The zero-order chi connectivity index (χ0) is 11.4. The zero-order valence-corrected chi connectivity index (χ0v) is 9.90. The molecule has 0 spiro atoms. The molecule has 1 N–H and O–H groups in total. The Morgan fingerprint density at radius 2 is 2.06 bits per heavy atom. The Morgan fingerprint density at radius 1 is 1.31 bits per heavy atom. The van der Waals surface area contributed by atoms with E-state index in [0.29, 0.717) is 6.61 Å². The molecule has 1 aromatic carbocycles. The molecule has 0 amide bonds. The lowest BCUT2D eigenvalue weighted by Gasteiger charge is -2.28. The Hall–Kier alpha value is -1.06. The maximum absolute atomic E-state index is 5.74. The quantitative estimate of drug-likeness (QED) is 0.843. The van der Waals surface area contributed by atoms with E-state index in [4.69, 9.17) is 9.47 Å². The highest BCUT2D eigenvalue weighted by atomic mass is 16.5. The van der Waals surface area contributed by atoms with Gasteiger partial charge in [-0.15, -0.1) is 0 Å². The minimum absolute atomic E-state index is 0.157. The molecule has 16 heavy (non-hydrogen) atoms. The first-order valence-corrected chi connectivity index (χ1v) is 5.79. The topological polar surface area (TPSA) is 30.5 Å². The standard InChI is InChI=1S/C13H19NO2/c1-10-3-5-12(6-4-10)15-9-13-8-14-7-11(2)16-13/h3-6,11,13-14H,7-9H2,1-2H3. The van der Waals surface area contributed by atoms with Crippen molar-refractivity contribution in [2.45, 2.75) is 26.1 Å². The van der Waals surface area contributed by atoms with Gasteiger partial charge in [-0.1, -0.05) is 17.7 Å². The van der Waals surface area contributed by atoms with Gasteiger partial charge in [0, 0.05) is 13.1 Å². The van der Waals surface area contributed by atoms with Crippen molar-refractivity contribution >= 4 is 0 Å². The average molecular weight is 221 g/mol. The lowest BCUT2D eigenvalue weighted by atomic mass is 10.2. The molecule has 0 bridgehead atoms. The highest BCUT2D eigenvalue weighted by molar-refractivity contribution is 5.26. The van der Waals surface area contributed by atoms with E-state index >= 15 is 0 Å². The van der Waals surface area contributed by atoms with Gasteiger partial charge >= 0.3 is 0 Å². The lowest BCUT2D eigenvalue weighted by molar-refractivity contribution is -0.0470. The molecule has 2 rings (SSSR count). The average Bonchev–Trinajstić information content (AvgIpc) is 2.28. The van der Waals surface area contributed by atoms with Crippen molar-refractivity contribution in [2.75, 3.05) is 19.7 Å². The van der Waals surface area contributed by atoms with Crippen LogP contribution in [0.15, 0.2) is 24.3 Å². The fraction of sp³-hybridized carbons (Fsp3) is 0.538. The van der Waals surface area contributed by atoms with Crippen molar-refractivity contribution in [3.63, 3.8) is 0 Å². The highest BCUT2D eigenvalue weighted by Crippen LogP contribution is 2.13. The van der Waals surface area contributed by atoms with E-state index in [1.165, 1.54) is 5.56 Å². The van der Waals surface area contributed by atoms with Gasteiger partial charge in [0.25, 0.3) is 0 Å². The predicted molar refractivity (Wildman–Crippen MR) is 63.9 cm³/mol. The molecule has 1 aliphatic heterocycles. The molecule has 3 heteroatoms. The summed E-state index contributed by atoms with van der Waals surface area (Å²) in [6, 6.07) is 8.10. The summed E-state index contributed by atoms with van der Waals surface area (Å²) in [7, 11) is 0. The van der Waals surface area contributed by atoms with Crippen LogP contribution in [0, 0.1) is 6.92 Å². The normalized spacial score (nSPS) is 25.4. The fourth-order valence-electron chi connectivity index (χ4n) is 1.79. The van der Waals surface area contributed by atoms with Crippen LogP contribution in [0.2, 0.25) is 0 Å². The Bertz CT molecular complexity index is 323. The van der Waals surface area contributed by atoms with Crippen LogP contribution in [-0.4, -0.2) is 31.9 Å². The molecular formula is C13H19NO2. The maximum Gasteiger partial charge on any atom is 0.119 e. The van der Waals surface area contributed by atoms with Crippen LogP contribution in [0.4, 0.5) is 0 Å². The monoisotopic (exact) mass is 221 g/mol. The van der Waals surface area contributed by atoms with Crippen LogP contribution < -0.4 is 10.1 Å². The molecule has 88 valence electrons. The van der Waals surface area contributed by atoms with Crippen LogP contribution in [-0.2, 0) is 4.74 Å². The smallest absolute Gasteiger partial charge is 0.119 e. The summed E-state index contributed by atoms with van der Waals surface area (Å²) in [5, 5.41) is 3.32. The number of hydrogen-bond donors (Lipinski definition) is 1. The van der Waals surface area contributed by atoms with Gasteiger partial charge in [0.1, 0.15) is 18.5 Å². The molecular weight excluding hydrogens is 202 g/mol. The second-order valence-corrected chi connectivity index (χ2v) is 4.35. The predicted octanol–water partition coefficient (Wildman–Crippen LogP) is 1.75. The van der Waals surface area contributed by atoms with Gasteiger partial charge < -0.3 is 14.8 Å². The number of benzene rings is 1. The summed E-state index contributed by atoms with van der Waals surface area (Å²) < 4.78 is 11.4. The van der Waals surface area contributed by atoms with Gasteiger partial charge in [-0.05, 0) is 26.0 Å². The zero-order valence-electron chi connectivity index (χ0n) is 9.90. The third kappa shape index (κ3) is 3.22. The third-order valence-corrected chi connectivity index (χ3v) is 2.69. The molecule has 3 nitrogen and oxygen atoms in total. The van der Waals surface area contributed by atoms with Crippen molar-refractivity contribution in [1.82, 2.24) is 5.32 Å². The summed E-state index contributed by atoms with van der Waals surface area (Å²) in [6.45, 7) is 6.56. The fourth-order valence-corrected chi connectivity index (χ4v) is 1.79. The minimum Gasteiger partial charge on any atom is -0.491 e. The summed E-state index contributed by atoms with van der Waals surface area (Å²) in [5.74, 6) is 0.910. The lowest BCUT2D eigenvalue weighted by Crippen LogP contribution is -2.45. The molecule has 2 unspecified atom stereocenters. The number of ether oxygens (including phenoxy) is 2. The van der Waals surface area contributed by atoms with Crippen LogP contribution in [0.25, 0.3) is 0 Å². The molecule has 0 saturated carbocycles. The maximum atomic E-state index is 5.74. The number of rotatable bonds is 3. The van der Waals surface area contributed by atoms with E-state index in [1.807, 2.05) is 12.1 Å². The van der Waals surface area contributed by atoms with Crippen molar-refractivity contribution in [3.05, 3.63) is 29.8 Å². The summed E-state index contributed by atoms with van der Waals surface area (Å²) >= 11 is 0. The van der Waals surface area contributed by atoms with Crippen LogP contribution >= 0.6 is 0 Å². The molecule has 1 aliphatic rings. The Labute approximate surface area is 96.8 Å². The van der Waals surface area contributed by atoms with E-state index in [-0.39, 0.29) is 12.2 Å². The van der Waals surface area contributed by atoms with E-state index in [0.717, 1.165) is 18.8 Å². The van der Waals surface area contributed by atoms with Crippen molar-refractivity contribution in [1.29, 1.82) is 0 Å². The Kier molecular flexibility index (Phi) is 3.80. The van der Waals surface area contributed by atoms with Gasteiger partial charge in [-0.25, -0.2) is 0 Å². The first kappa shape index (κ1) is 11.4. The van der Waals surface area contributed by atoms with Gasteiger partial charge in [0.05, 0.1) is 6.10 Å². The third-order valence-electron chi connectivity index (χ3n) is 2.69. The first-order valence-electron chi connectivity index (χ1n) is 5.79. The number of morpholine rings is 1. The Morgan fingerprint density at radius 3 is 2.75 bits per heavy atom. The van der Waals surface area contributed by atoms with E-state index in [9.17, 15) is 0 Å². The number of nitrogens with one attached hydrogen (secondary N) is 1. The molecule has 1 fully saturated rings. The second kappa shape index (κ2) is 5.32. The van der Waals surface area contributed by atoms with Crippen LogP contribution in [0.1, 0.15) is 12.5 Å². The highest BCUT2D eigenvalue weighted by Gasteiger charge is 2.18. The second-order valence-electron chi connectivity index (χ2n) is 4.35. The molecule has 0 radical (unpaired) electrons. The SMILES string of the molecule is Cc1ccc(OCC2CNCC(C)O2)cc1. The molecule has 0 aromatic heterocycles. The Balaban J connectivity index is 1.80. The van der Waals surface area contributed by atoms with Gasteiger partial charge in [0.2, 0.25) is 0 Å². The molecule has 2 atom stereocenters. The van der Waals surface area contributed by atoms with Crippen LogP contribution in [0.3, 0.4) is 0 Å². The van der Waals surface area contributed by atoms with Gasteiger partial charge in [-0.2, -0.15) is 0 Å². The summed E-state index contributed by atoms with van der Waals surface area (Å²) in [5.41, 5.74) is 1.25. The first-order chi connectivity index (χ1) is 7.74. The number of aryl methyl sites for hydroxylation is 1. The summed E-state index contributed by atoms with van der Waals surface area (Å²) in [6.07, 6.45) is 0.436. The van der Waals surface area contributed by atoms with Crippen molar-refractivity contribution in [3.8, 4) is 5.75 Å². The van der Waals surface area contributed by atoms with Crippen molar-refractivity contribution < 1.29 is 9.47 Å².